The summed E-state index contributed by atoms with van der Waals surface area (Å²) in [4.78, 5) is 37.2. The molecule has 49 heavy (non-hydrogen) atoms. The Bertz CT molecular complexity index is 723. The number of ether oxygens (including phenoxy) is 3. The highest BCUT2D eigenvalue weighted by Crippen LogP contribution is 2.16. The molecule has 0 bridgehead atoms. The van der Waals surface area contributed by atoms with Crippen LogP contribution in [0.2, 0.25) is 0 Å². The number of carbonyl (C=O) groups is 3. The molecule has 0 saturated heterocycles. The van der Waals surface area contributed by atoms with Crippen LogP contribution >= 0.6 is 0 Å². The molecular formula is C43H82O6. The van der Waals surface area contributed by atoms with E-state index in [-0.39, 0.29) is 31.1 Å². The van der Waals surface area contributed by atoms with Gasteiger partial charge in [-0.25, -0.2) is 0 Å². The summed E-state index contributed by atoms with van der Waals surface area (Å²) in [5.41, 5.74) is 0. The molecule has 0 aromatic rings. The number of rotatable bonds is 39. The molecule has 6 nitrogen and oxygen atoms in total. The molecule has 0 saturated carbocycles. The van der Waals surface area contributed by atoms with E-state index in [9.17, 15) is 14.4 Å². The van der Waals surface area contributed by atoms with E-state index >= 15 is 0 Å². The Kier molecular flexibility index (Phi) is 37.9. The third-order valence-corrected chi connectivity index (χ3v) is 9.61. The lowest BCUT2D eigenvalue weighted by Gasteiger charge is -2.18. The van der Waals surface area contributed by atoms with Crippen LogP contribution in [0.3, 0.4) is 0 Å². The smallest absolute Gasteiger partial charge is 0.306 e. The molecule has 0 N–H and O–H groups in total. The molecular weight excluding hydrogens is 612 g/mol. The van der Waals surface area contributed by atoms with E-state index in [1.807, 2.05) is 0 Å². The van der Waals surface area contributed by atoms with Crippen LogP contribution in [0.4, 0.5) is 0 Å². The maximum Gasteiger partial charge on any atom is 0.306 e. The summed E-state index contributed by atoms with van der Waals surface area (Å²) < 4.78 is 16.5. The van der Waals surface area contributed by atoms with Gasteiger partial charge in [0.15, 0.2) is 6.10 Å². The maximum atomic E-state index is 12.5. The molecule has 0 aliphatic carbocycles. The zero-order valence-electron chi connectivity index (χ0n) is 33.0. The molecule has 0 spiro atoms. The van der Waals surface area contributed by atoms with Gasteiger partial charge in [-0.15, -0.1) is 0 Å². The number of esters is 3. The third-order valence-electron chi connectivity index (χ3n) is 9.61. The summed E-state index contributed by atoms with van der Waals surface area (Å²) >= 11 is 0. The molecule has 6 heteroatoms. The molecule has 0 heterocycles. The van der Waals surface area contributed by atoms with Crippen LogP contribution in [0.1, 0.15) is 239 Å². The summed E-state index contributed by atoms with van der Waals surface area (Å²) in [5.74, 6) is -0.879. The van der Waals surface area contributed by atoms with E-state index in [2.05, 4.69) is 20.8 Å². The molecule has 0 rings (SSSR count). The van der Waals surface area contributed by atoms with Crippen LogP contribution in [0.5, 0.6) is 0 Å². The molecule has 1 atom stereocenters. The maximum absolute atomic E-state index is 12.5. The number of hydrogen-bond acceptors (Lipinski definition) is 6. The molecule has 0 aromatic heterocycles. The van der Waals surface area contributed by atoms with Crippen LogP contribution in [-0.4, -0.2) is 37.2 Å². The second kappa shape index (κ2) is 39.2. The number of hydrogen-bond donors (Lipinski definition) is 0. The Morgan fingerprint density at radius 1 is 0.327 bits per heavy atom. The van der Waals surface area contributed by atoms with E-state index in [1.165, 1.54) is 135 Å². The Balaban J connectivity index is 4.01. The quantitative estimate of drug-likeness (QED) is 0.0362. The summed E-state index contributed by atoms with van der Waals surface area (Å²) in [6.45, 7) is 6.52. The Hall–Kier alpha value is -1.59. The standard InChI is InChI=1S/C43H82O6/c1-4-7-10-13-15-16-17-18-19-20-21-22-23-24-25-26-28-31-33-36-42(45)48-39-40(49-43(46)37-34-29-12-9-6-3)38-47-41(44)35-32-30-27-14-11-8-5-2/h40H,4-39H2,1-3H3/t40-/m1/s1. The fraction of sp³-hybridized carbons (Fsp3) is 0.930. The molecule has 0 aliphatic heterocycles. The lowest BCUT2D eigenvalue weighted by Crippen LogP contribution is -2.30. The van der Waals surface area contributed by atoms with Gasteiger partial charge in [-0.2, -0.15) is 0 Å². The second-order valence-electron chi connectivity index (χ2n) is 14.6. The molecule has 0 fully saturated rings. The molecule has 0 amide bonds. The highest BCUT2D eigenvalue weighted by molar-refractivity contribution is 5.71. The van der Waals surface area contributed by atoms with Crippen molar-refractivity contribution in [1.82, 2.24) is 0 Å². The highest BCUT2D eigenvalue weighted by atomic mass is 16.6. The van der Waals surface area contributed by atoms with Crippen molar-refractivity contribution in [3.05, 3.63) is 0 Å². The minimum atomic E-state index is -0.754. The normalized spacial score (nSPS) is 11.8. The monoisotopic (exact) mass is 695 g/mol. The van der Waals surface area contributed by atoms with E-state index < -0.39 is 6.10 Å². The highest BCUT2D eigenvalue weighted by Gasteiger charge is 2.19. The van der Waals surface area contributed by atoms with Crippen molar-refractivity contribution >= 4 is 17.9 Å². The third kappa shape index (κ3) is 37.5. The van der Waals surface area contributed by atoms with Crippen LogP contribution < -0.4 is 0 Å². The van der Waals surface area contributed by atoms with Gasteiger partial charge in [0.1, 0.15) is 13.2 Å². The Labute approximate surface area is 304 Å². The van der Waals surface area contributed by atoms with Crippen molar-refractivity contribution in [2.45, 2.75) is 245 Å². The van der Waals surface area contributed by atoms with E-state index in [0.717, 1.165) is 64.2 Å². The largest absolute Gasteiger partial charge is 0.462 e. The fourth-order valence-electron chi connectivity index (χ4n) is 6.32. The Morgan fingerprint density at radius 3 is 0.816 bits per heavy atom. The van der Waals surface area contributed by atoms with Crippen molar-refractivity contribution in [1.29, 1.82) is 0 Å². The van der Waals surface area contributed by atoms with Crippen molar-refractivity contribution in [2.75, 3.05) is 13.2 Å². The minimum Gasteiger partial charge on any atom is -0.462 e. The van der Waals surface area contributed by atoms with Gasteiger partial charge in [0.2, 0.25) is 0 Å². The van der Waals surface area contributed by atoms with Gasteiger partial charge in [0.25, 0.3) is 0 Å². The second-order valence-corrected chi connectivity index (χ2v) is 14.6. The number of carbonyl (C=O) groups excluding carboxylic acids is 3. The average molecular weight is 695 g/mol. The zero-order chi connectivity index (χ0) is 35.9. The first-order valence-electron chi connectivity index (χ1n) is 21.5. The van der Waals surface area contributed by atoms with Gasteiger partial charge >= 0.3 is 17.9 Å². The van der Waals surface area contributed by atoms with E-state index in [4.69, 9.17) is 14.2 Å². The summed E-state index contributed by atoms with van der Waals surface area (Å²) in [6, 6.07) is 0. The first-order chi connectivity index (χ1) is 24.0. The van der Waals surface area contributed by atoms with E-state index in [1.54, 1.807) is 0 Å². The van der Waals surface area contributed by atoms with Crippen LogP contribution in [0.15, 0.2) is 0 Å². The first-order valence-corrected chi connectivity index (χ1v) is 21.5. The van der Waals surface area contributed by atoms with Gasteiger partial charge in [-0.3, -0.25) is 14.4 Å². The van der Waals surface area contributed by atoms with Gasteiger partial charge < -0.3 is 14.2 Å². The molecule has 0 radical (unpaired) electrons. The van der Waals surface area contributed by atoms with Crippen molar-refractivity contribution in [3.63, 3.8) is 0 Å². The van der Waals surface area contributed by atoms with Crippen LogP contribution in [0.25, 0.3) is 0 Å². The first kappa shape index (κ1) is 47.4. The predicted octanol–water partition coefficient (Wildman–Crippen LogP) is 13.3. The molecule has 0 aromatic carbocycles. The fourth-order valence-corrected chi connectivity index (χ4v) is 6.32. The predicted molar refractivity (Wildman–Crippen MR) is 206 cm³/mol. The molecule has 290 valence electrons. The molecule has 0 aliphatic rings. The van der Waals surface area contributed by atoms with E-state index in [0.29, 0.717) is 19.3 Å². The lowest BCUT2D eigenvalue weighted by atomic mass is 10.0. The van der Waals surface area contributed by atoms with Gasteiger partial charge in [0.05, 0.1) is 0 Å². The summed E-state index contributed by atoms with van der Waals surface area (Å²) in [6.07, 6.45) is 38.5. The SMILES string of the molecule is CCCCCCCCCCCCCCCCCCCCCC(=O)OC[C@@H](COC(=O)CCCCCCCCC)OC(=O)CCCCCCC. The summed E-state index contributed by atoms with van der Waals surface area (Å²) in [5, 5.41) is 0. The molecule has 0 unspecified atom stereocenters. The van der Waals surface area contributed by atoms with Gasteiger partial charge in [0, 0.05) is 19.3 Å². The van der Waals surface area contributed by atoms with Crippen molar-refractivity contribution in [3.8, 4) is 0 Å². The van der Waals surface area contributed by atoms with Crippen molar-refractivity contribution < 1.29 is 28.6 Å². The topological polar surface area (TPSA) is 78.9 Å². The lowest BCUT2D eigenvalue weighted by molar-refractivity contribution is -0.167. The van der Waals surface area contributed by atoms with Gasteiger partial charge in [-0.1, -0.05) is 201 Å². The van der Waals surface area contributed by atoms with Crippen LogP contribution in [0, 0.1) is 0 Å². The number of unbranched alkanes of at least 4 members (excludes halogenated alkanes) is 28. The minimum absolute atomic E-state index is 0.0652. The van der Waals surface area contributed by atoms with Crippen molar-refractivity contribution in [2.24, 2.45) is 0 Å². The van der Waals surface area contributed by atoms with Gasteiger partial charge in [-0.05, 0) is 19.3 Å². The van der Waals surface area contributed by atoms with Crippen LogP contribution in [-0.2, 0) is 28.6 Å². The average Bonchev–Trinajstić information content (AvgIpc) is 3.09. The zero-order valence-corrected chi connectivity index (χ0v) is 33.0. The summed E-state index contributed by atoms with van der Waals surface area (Å²) in [7, 11) is 0. The Morgan fingerprint density at radius 2 is 0.551 bits per heavy atom.